The Labute approximate surface area is 189 Å². The monoisotopic (exact) mass is 426 g/mol. The second kappa shape index (κ2) is 9.23. The number of nitrogens with zero attached hydrogens (tertiary/aromatic N) is 3. The van der Waals surface area contributed by atoms with Crippen molar-refractivity contribution in [2.75, 3.05) is 13.1 Å². The van der Waals surface area contributed by atoms with Gasteiger partial charge in [-0.2, -0.15) is 5.10 Å². The molecule has 1 unspecified atom stereocenters. The van der Waals surface area contributed by atoms with E-state index in [1.807, 2.05) is 47.4 Å². The van der Waals surface area contributed by atoms with Crippen LogP contribution in [-0.2, 0) is 6.42 Å². The van der Waals surface area contributed by atoms with Gasteiger partial charge in [0.15, 0.2) is 5.65 Å². The summed E-state index contributed by atoms with van der Waals surface area (Å²) in [5.74, 6) is 0.859. The molecule has 1 saturated heterocycles. The number of rotatable bonds is 6. The Kier molecular flexibility index (Phi) is 6.02. The number of fused-ring (bicyclic) bond motifs is 1. The molecule has 0 radical (unpaired) electrons. The van der Waals surface area contributed by atoms with Gasteiger partial charge in [-0.25, -0.2) is 9.50 Å². The SMILES string of the molecule is CC(O)c1cccc(-c2cnn3cc(-c4ccc(CCC5CCNCC5)cc4)cnc23)c1. The second-order valence-corrected chi connectivity index (χ2v) is 8.90. The van der Waals surface area contributed by atoms with E-state index in [-0.39, 0.29) is 0 Å². The smallest absolute Gasteiger partial charge is 0.162 e. The Morgan fingerprint density at radius 2 is 1.84 bits per heavy atom. The van der Waals surface area contributed by atoms with E-state index in [2.05, 4.69) is 34.7 Å². The highest BCUT2D eigenvalue weighted by molar-refractivity contribution is 5.78. The highest BCUT2D eigenvalue weighted by Gasteiger charge is 2.13. The molecule has 0 bridgehead atoms. The molecular weight excluding hydrogens is 396 g/mol. The van der Waals surface area contributed by atoms with Gasteiger partial charge in [-0.05, 0) is 79.9 Å². The van der Waals surface area contributed by atoms with Crippen molar-refractivity contribution in [1.29, 1.82) is 0 Å². The molecule has 2 aromatic carbocycles. The summed E-state index contributed by atoms with van der Waals surface area (Å²) < 4.78 is 1.84. The quantitative estimate of drug-likeness (QED) is 0.453. The first kappa shape index (κ1) is 20.9. The summed E-state index contributed by atoms with van der Waals surface area (Å²) in [6.07, 6.45) is 10.3. The summed E-state index contributed by atoms with van der Waals surface area (Å²) in [5, 5.41) is 17.9. The van der Waals surface area contributed by atoms with E-state index in [0.717, 1.165) is 45.8 Å². The molecule has 0 aliphatic carbocycles. The van der Waals surface area contributed by atoms with Crippen LogP contribution in [-0.4, -0.2) is 32.8 Å². The molecule has 0 saturated carbocycles. The third kappa shape index (κ3) is 4.45. The van der Waals surface area contributed by atoms with Crippen molar-refractivity contribution < 1.29 is 5.11 Å². The van der Waals surface area contributed by atoms with Crippen LogP contribution in [0, 0.1) is 5.92 Å². The highest BCUT2D eigenvalue weighted by atomic mass is 16.3. The van der Waals surface area contributed by atoms with Gasteiger partial charge in [0.25, 0.3) is 0 Å². The van der Waals surface area contributed by atoms with Crippen LogP contribution in [0.4, 0.5) is 0 Å². The lowest BCUT2D eigenvalue weighted by Crippen LogP contribution is -2.27. The predicted molar refractivity (Wildman–Crippen MR) is 128 cm³/mol. The van der Waals surface area contributed by atoms with Crippen molar-refractivity contribution in [3.05, 3.63) is 78.2 Å². The largest absolute Gasteiger partial charge is 0.389 e. The average molecular weight is 427 g/mol. The van der Waals surface area contributed by atoms with Crippen LogP contribution < -0.4 is 5.32 Å². The van der Waals surface area contributed by atoms with Gasteiger partial charge in [0.05, 0.1) is 12.3 Å². The summed E-state index contributed by atoms with van der Waals surface area (Å²) in [6.45, 7) is 4.11. The van der Waals surface area contributed by atoms with Crippen molar-refractivity contribution in [2.45, 2.75) is 38.7 Å². The number of aliphatic hydroxyl groups excluding tert-OH is 1. The van der Waals surface area contributed by atoms with E-state index in [0.29, 0.717) is 0 Å². The lowest BCUT2D eigenvalue weighted by atomic mass is 9.91. The van der Waals surface area contributed by atoms with Crippen LogP contribution in [0.2, 0.25) is 0 Å². The molecule has 5 rings (SSSR count). The van der Waals surface area contributed by atoms with Gasteiger partial charge in [-0.15, -0.1) is 0 Å². The summed E-state index contributed by atoms with van der Waals surface area (Å²) in [6, 6.07) is 16.8. The molecule has 1 fully saturated rings. The minimum atomic E-state index is -0.501. The van der Waals surface area contributed by atoms with Gasteiger partial charge >= 0.3 is 0 Å². The second-order valence-electron chi connectivity index (χ2n) is 8.90. The molecule has 5 heteroatoms. The fourth-order valence-corrected chi connectivity index (χ4v) is 4.60. The average Bonchev–Trinajstić information content (AvgIpc) is 3.27. The van der Waals surface area contributed by atoms with Crippen LogP contribution in [0.25, 0.3) is 27.9 Å². The Morgan fingerprint density at radius 3 is 2.62 bits per heavy atom. The van der Waals surface area contributed by atoms with Gasteiger partial charge in [-0.3, -0.25) is 0 Å². The summed E-state index contributed by atoms with van der Waals surface area (Å²) in [4.78, 5) is 4.72. The van der Waals surface area contributed by atoms with Crippen molar-refractivity contribution >= 4 is 5.65 Å². The lowest BCUT2D eigenvalue weighted by molar-refractivity contribution is 0.199. The summed E-state index contributed by atoms with van der Waals surface area (Å²) in [5.41, 5.74) is 7.28. The third-order valence-electron chi connectivity index (χ3n) is 6.62. The minimum absolute atomic E-state index is 0.501. The first-order valence-electron chi connectivity index (χ1n) is 11.6. The zero-order valence-electron chi connectivity index (χ0n) is 18.5. The molecular formula is C27H30N4O. The topological polar surface area (TPSA) is 62.5 Å². The van der Waals surface area contributed by atoms with Crippen LogP contribution in [0.15, 0.2) is 67.1 Å². The summed E-state index contributed by atoms with van der Waals surface area (Å²) >= 11 is 0. The first-order valence-corrected chi connectivity index (χ1v) is 11.6. The molecule has 1 aliphatic heterocycles. The molecule has 2 N–H and O–H groups in total. The minimum Gasteiger partial charge on any atom is -0.389 e. The molecule has 0 spiro atoms. The maximum Gasteiger partial charge on any atom is 0.162 e. The van der Waals surface area contributed by atoms with Crippen LogP contribution in [0.5, 0.6) is 0 Å². The Balaban J connectivity index is 1.33. The molecule has 1 atom stereocenters. The van der Waals surface area contributed by atoms with E-state index >= 15 is 0 Å². The number of aromatic nitrogens is 3. The van der Waals surface area contributed by atoms with Gasteiger partial charge in [-0.1, -0.05) is 42.5 Å². The highest BCUT2D eigenvalue weighted by Crippen LogP contribution is 2.28. The van der Waals surface area contributed by atoms with Gasteiger partial charge < -0.3 is 10.4 Å². The van der Waals surface area contributed by atoms with E-state index in [4.69, 9.17) is 4.98 Å². The molecule has 4 aromatic rings. The van der Waals surface area contributed by atoms with E-state index in [9.17, 15) is 5.11 Å². The third-order valence-corrected chi connectivity index (χ3v) is 6.62. The maximum atomic E-state index is 9.90. The summed E-state index contributed by atoms with van der Waals surface area (Å²) in [7, 11) is 0. The molecule has 1 aliphatic rings. The molecule has 0 amide bonds. The Bertz CT molecular complexity index is 1190. The van der Waals surface area contributed by atoms with E-state index in [1.165, 1.54) is 37.9 Å². The predicted octanol–water partition coefficient (Wildman–Crippen LogP) is 5.05. The number of nitrogens with one attached hydrogen (secondary N) is 1. The van der Waals surface area contributed by atoms with Crippen molar-refractivity contribution in [2.24, 2.45) is 5.92 Å². The fraction of sp³-hybridized carbons (Fsp3) is 0.333. The van der Waals surface area contributed by atoms with Crippen molar-refractivity contribution in [3.8, 4) is 22.3 Å². The first-order chi connectivity index (χ1) is 15.7. The van der Waals surface area contributed by atoms with Crippen LogP contribution in [0.3, 0.4) is 0 Å². The Hall–Kier alpha value is -3.02. The normalized spacial score (nSPS) is 15.8. The number of hydrogen-bond acceptors (Lipinski definition) is 4. The van der Waals surface area contributed by atoms with Gasteiger partial charge in [0.2, 0.25) is 0 Å². The van der Waals surface area contributed by atoms with Crippen LogP contribution in [0.1, 0.15) is 43.4 Å². The zero-order valence-corrected chi connectivity index (χ0v) is 18.5. The standard InChI is InChI=1S/C27H30N4O/c1-19(32)23-3-2-4-24(15-23)26-17-30-31-18-25(16-29-27(26)31)22-9-7-20(8-10-22)5-6-21-11-13-28-14-12-21/h2-4,7-10,15-19,21,28,32H,5-6,11-14H2,1H3. The molecule has 32 heavy (non-hydrogen) atoms. The van der Waals surface area contributed by atoms with Gasteiger partial charge in [0, 0.05) is 23.5 Å². The van der Waals surface area contributed by atoms with Crippen molar-refractivity contribution in [1.82, 2.24) is 19.9 Å². The molecule has 3 heterocycles. The lowest BCUT2D eigenvalue weighted by Gasteiger charge is -2.22. The fourth-order valence-electron chi connectivity index (χ4n) is 4.60. The number of aliphatic hydroxyl groups is 1. The number of benzene rings is 2. The van der Waals surface area contributed by atoms with Crippen LogP contribution >= 0.6 is 0 Å². The Morgan fingerprint density at radius 1 is 1.03 bits per heavy atom. The zero-order chi connectivity index (χ0) is 21.9. The molecule has 164 valence electrons. The van der Waals surface area contributed by atoms with E-state index < -0.39 is 6.10 Å². The molecule has 2 aromatic heterocycles. The van der Waals surface area contributed by atoms with Gasteiger partial charge in [0.1, 0.15) is 0 Å². The van der Waals surface area contributed by atoms with E-state index in [1.54, 1.807) is 6.92 Å². The van der Waals surface area contributed by atoms with Crippen molar-refractivity contribution in [3.63, 3.8) is 0 Å². The number of hydrogen-bond donors (Lipinski definition) is 2. The molecule has 5 nitrogen and oxygen atoms in total. The maximum absolute atomic E-state index is 9.90. The number of piperidine rings is 1. The number of aryl methyl sites for hydroxylation is 1.